The van der Waals surface area contributed by atoms with E-state index in [9.17, 15) is 9.90 Å². The number of aromatic nitrogens is 1. The Balaban J connectivity index is 1.73. The summed E-state index contributed by atoms with van der Waals surface area (Å²) < 4.78 is 2.26. The van der Waals surface area contributed by atoms with Crippen LogP contribution in [0, 0.1) is 0 Å². The first kappa shape index (κ1) is 18.3. The van der Waals surface area contributed by atoms with Crippen molar-refractivity contribution in [3.8, 4) is 5.75 Å². The molecule has 1 atom stereocenters. The summed E-state index contributed by atoms with van der Waals surface area (Å²) in [5.41, 5.74) is 3.27. The number of aromatic hydroxyl groups is 1. The largest absolute Gasteiger partial charge is 0.508 e. The van der Waals surface area contributed by atoms with Gasteiger partial charge in [0.1, 0.15) is 11.8 Å². The number of nitrogens with zero attached hydrogens (tertiary/aromatic N) is 3. The SMILES string of the molecule is O=c1/c(=C/c2cccc(O)c2)sc2n1[C@@H](c1ccccc1)C(c1ccccc1)=NN=2. The maximum Gasteiger partial charge on any atom is 0.271 e. The van der Waals surface area contributed by atoms with Gasteiger partial charge >= 0.3 is 0 Å². The van der Waals surface area contributed by atoms with Crippen molar-refractivity contribution in [2.24, 2.45) is 10.2 Å². The molecule has 1 N–H and O–H groups in total. The van der Waals surface area contributed by atoms with Crippen molar-refractivity contribution in [3.63, 3.8) is 0 Å². The van der Waals surface area contributed by atoms with E-state index in [0.717, 1.165) is 22.4 Å². The first-order valence-corrected chi connectivity index (χ1v) is 10.3. The molecule has 3 aromatic carbocycles. The van der Waals surface area contributed by atoms with Crippen LogP contribution in [0.1, 0.15) is 22.7 Å². The van der Waals surface area contributed by atoms with E-state index < -0.39 is 0 Å². The molecule has 146 valence electrons. The van der Waals surface area contributed by atoms with Crippen molar-refractivity contribution in [1.29, 1.82) is 0 Å². The average molecular weight is 411 g/mol. The van der Waals surface area contributed by atoms with Gasteiger partial charge in [0, 0.05) is 5.56 Å². The Bertz CT molecular complexity index is 1420. The second-order valence-corrected chi connectivity index (χ2v) is 7.94. The van der Waals surface area contributed by atoms with E-state index >= 15 is 0 Å². The van der Waals surface area contributed by atoms with Gasteiger partial charge in [0.25, 0.3) is 5.56 Å². The summed E-state index contributed by atoms with van der Waals surface area (Å²) in [5, 5.41) is 18.6. The molecule has 1 aliphatic heterocycles. The van der Waals surface area contributed by atoms with E-state index in [2.05, 4.69) is 10.2 Å². The first-order chi connectivity index (χ1) is 14.7. The molecule has 5 rings (SSSR count). The Kier molecular flexibility index (Phi) is 4.61. The van der Waals surface area contributed by atoms with Crippen LogP contribution in [0.4, 0.5) is 0 Å². The monoisotopic (exact) mass is 411 g/mol. The Labute approximate surface area is 176 Å². The van der Waals surface area contributed by atoms with Gasteiger partial charge < -0.3 is 5.11 Å². The van der Waals surface area contributed by atoms with Crippen molar-refractivity contribution in [1.82, 2.24) is 4.57 Å². The molecule has 0 saturated heterocycles. The minimum absolute atomic E-state index is 0.126. The summed E-state index contributed by atoms with van der Waals surface area (Å²) in [6, 6.07) is 26.1. The van der Waals surface area contributed by atoms with E-state index in [1.54, 1.807) is 28.8 Å². The molecule has 2 heterocycles. The highest BCUT2D eigenvalue weighted by Gasteiger charge is 2.28. The molecule has 0 unspecified atom stereocenters. The van der Waals surface area contributed by atoms with Gasteiger partial charge in [-0.15, -0.1) is 10.2 Å². The number of hydrogen-bond acceptors (Lipinski definition) is 5. The summed E-state index contributed by atoms with van der Waals surface area (Å²) >= 11 is 1.30. The lowest BCUT2D eigenvalue weighted by atomic mass is 9.96. The van der Waals surface area contributed by atoms with Crippen LogP contribution in [-0.2, 0) is 0 Å². The highest BCUT2D eigenvalue weighted by atomic mass is 32.1. The summed E-state index contributed by atoms with van der Waals surface area (Å²) in [4.78, 5) is 14.0. The minimum atomic E-state index is -0.365. The molecule has 0 bridgehead atoms. The van der Waals surface area contributed by atoms with Gasteiger partial charge in [0.05, 0.1) is 10.2 Å². The van der Waals surface area contributed by atoms with Gasteiger partial charge in [-0.2, -0.15) is 0 Å². The van der Waals surface area contributed by atoms with Gasteiger partial charge in [-0.1, -0.05) is 84.1 Å². The Morgan fingerprint density at radius 1 is 0.900 bits per heavy atom. The number of benzene rings is 3. The molecule has 0 aliphatic carbocycles. The molecule has 4 aromatic rings. The summed E-state index contributed by atoms with van der Waals surface area (Å²) in [5.74, 6) is 0.159. The van der Waals surface area contributed by atoms with E-state index in [4.69, 9.17) is 0 Å². The van der Waals surface area contributed by atoms with Crippen LogP contribution in [0.2, 0.25) is 0 Å². The third-order valence-electron chi connectivity index (χ3n) is 4.95. The molecule has 6 heteroatoms. The van der Waals surface area contributed by atoms with Crippen LogP contribution < -0.4 is 14.9 Å². The molecule has 0 amide bonds. The number of phenols is 1. The summed E-state index contributed by atoms with van der Waals surface area (Å²) in [7, 11) is 0. The zero-order valence-electron chi connectivity index (χ0n) is 15.8. The lowest BCUT2D eigenvalue weighted by Crippen LogP contribution is -2.40. The number of hydrogen-bond donors (Lipinski definition) is 1. The fraction of sp³-hybridized carbons (Fsp3) is 0.0417. The second kappa shape index (κ2) is 7.57. The topological polar surface area (TPSA) is 66.9 Å². The Morgan fingerprint density at radius 2 is 1.63 bits per heavy atom. The highest BCUT2D eigenvalue weighted by Crippen LogP contribution is 2.24. The number of rotatable bonds is 3. The normalized spacial score (nSPS) is 15.9. The van der Waals surface area contributed by atoms with Crippen LogP contribution in [0.3, 0.4) is 0 Å². The lowest BCUT2D eigenvalue weighted by Gasteiger charge is -2.22. The van der Waals surface area contributed by atoms with Crippen molar-refractivity contribution in [2.75, 3.05) is 0 Å². The van der Waals surface area contributed by atoms with Crippen LogP contribution in [-0.4, -0.2) is 15.4 Å². The summed E-state index contributed by atoms with van der Waals surface area (Å²) in [6.45, 7) is 0. The van der Waals surface area contributed by atoms with Gasteiger partial charge in [0.2, 0.25) is 4.80 Å². The zero-order chi connectivity index (χ0) is 20.5. The number of phenolic OH excluding ortho intramolecular Hbond substituents is 1. The smallest absolute Gasteiger partial charge is 0.271 e. The molecular formula is C24H17N3O2S. The minimum Gasteiger partial charge on any atom is -0.508 e. The van der Waals surface area contributed by atoms with Gasteiger partial charge in [-0.3, -0.25) is 9.36 Å². The van der Waals surface area contributed by atoms with Crippen molar-refractivity contribution in [2.45, 2.75) is 6.04 Å². The Morgan fingerprint density at radius 3 is 2.37 bits per heavy atom. The molecule has 0 spiro atoms. The maximum atomic E-state index is 13.4. The van der Waals surface area contributed by atoms with Crippen LogP contribution in [0.15, 0.2) is 99.9 Å². The van der Waals surface area contributed by atoms with Crippen molar-refractivity contribution in [3.05, 3.63) is 121 Å². The molecule has 30 heavy (non-hydrogen) atoms. The predicted octanol–water partition coefficient (Wildman–Crippen LogP) is 3.07. The van der Waals surface area contributed by atoms with E-state index in [1.807, 2.05) is 66.7 Å². The highest BCUT2D eigenvalue weighted by molar-refractivity contribution is 7.07. The van der Waals surface area contributed by atoms with Gasteiger partial charge in [0.15, 0.2) is 0 Å². The van der Waals surface area contributed by atoms with Crippen LogP contribution >= 0.6 is 11.3 Å². The van der Waals surface area contributed by atoms with E-state index in [0.29, 0.717) is 9.33 Å². The van der Waals surface area contributed by atoms with Crippen LogP contribution in [0.25, 0.3) is 6.08 Å². The lowest BCUT2D eigenvalue weighted by molar-refractivity contribution is 0.475. The second-order valence-electron chi connectivity index (χ2n) is 6.93. The Hall–Kier alpha value is -3.77. The number of fused-ring (bicyclic) bond motifs is 1. The quantitative estimate of drug-likeness (QED) is 0.563. The van der Waals surface area contributed by atoms with Gasteiger partial charge in [-0.05, 0) is 29.3 Å². The molecule has 1 aliphatic rings. The predicted molar refractivity (Wildman–Crippen MR) is 119 cm³/mol. The maximum absolute atomic E-state index is 13.4. The zero-order valence-corrected chi connectivity index (χ0v) is 16.7. The van der Waals surface area contributed by atoms with E-state index in [1.165, 1.54) is 11.3 Å². The third-order valence-corrected chi connectivity index (χ3v) is 5.92. The van der Waals surface area contributed by atoms with Crippen molar-refractivity contribution >= 4 is 23.1 Å². The van der Waals surface area contributed by atoms with Crippen molar-refractivity contribution < 1.29 is 5.11 Å². The average Bonchev–Trinajstić information content (AvgIpc) is 3.10. The molecule has 0 fully saturated rings. The molecule has 0 saturated carbocycles. The van der Waals surface area contributed by atoms with Crippen LogP contribution in [0.5, 0.6) is 5.75 Å². The standard InChI is InChI=1S/C24H17N3O2S/c28-19-13-7-8-16(14-19)15-20-23(29)27-22(18-11-5-2-6-12-18)21(25-26-24(27)30-20)17-9-3-1-4-10-17/h1-15,22,28H/b20-15-/t22-/m0/s1. The fourth-order valence-electron chi connectivity index (χ4n) is 3.59. The molecule has 1 aromatic heterocycles. The summed E-state index contributed by atoms with van der Waals surface area (Å²) in [6.07, 6.45) is 1.78. The molecular weight excluding hydrogens is 394 g/mol. The first-order valence-electron chi connectivity index (χ1n) is 9.49. The molecule has 5 nitrogen and oxygen atoms in total. The fourth-order valence-corrected chi connectivity index (χ4v) is 4.54. The molecule has 0 radical (unpaired) electrons. The van der Waals surface area contributed by atoms with E-state index in [-0.39, 0.29) is 17.4 Å². The number of thiazole rings is 1. The van der Waals surface area contributed by atoms with Gasteiger partial charge in [-0.25, -0.2) is 0 Å². The third kappa shape index (κ3) is 3.27.